The van der Waals surface area contributed by atoms with Gasteiger partial charge in [0.15, 0.2) is 0 Å². The molecule has 0 aliphatic heterocycles. The number of nitrogens with two attached hydrogens (primary N) is 2. The number of ether oxygens (including phenoxy) is 4. The number of nitrogens with zero attached hydrogens (tertiary/aromatic N) is 1. The van der Waals surface area contributed by atoms with Gasteiger partial charge in [-0.1, -0.05) is 0 Å². The van der Waals surface area contributed by atoms with Gasteiger partial charge in [0, 0.05) is 26.2 Å². The molecule has 0 bridgehead atoms. The van der Waals surface area contributed by atoms with Gasteiger partial charge in [0.05, 0.1) is 39.6 Å². The molecule has 0 saturated carbocycles. The van der Waals surface area contributed by atoms with E-state index in [0.717, 1.165) is 0 Å². The summed E-state index contributed by atoms with van der Waals surface area (Å²) in [6, 6.07) is 0. The molecule has 0 rings (SSSR count). The Morgan fingerprint density at radius 2 is 1.43 bits per heavy atom. The number of rotatable bonds is 16. The first-order chi connectivity index (χ1) is 13.3. The lowest BCUT2D eigenvalue weighted by Crippen LogP contribution is -2.39. The van der Waals surface area contributed by atoms with Crippen LogP contribution in [0.1, 0.15) is 20.8 Å². The van der Waals surface area contributed by atoms with Crippen molar-refractivity contribution in [3.8, 4) is 0 Å². The summed E-state index contributed by atoms with van der Waals surface area (Å²) in [5.41, 5.74) is 12.3. The molecule has 0 unspecified atom stereocenters. The van der Waals surface area contributed by atoms with Crippen molar-refractivity contribution in [3.05, 3.63) is 0 Å². The van der Waals surface area contributed by atoms with E-state index >= 15 is 0 Å². The zero-order chi connectivity index (χ0) is 21.3. The van der Waals surface area contributed by atoms with Gasteiger partial charge in [0.1, 0.15) is 12.2 Å². The molecular formula is C17H36N4O7. The maximum absolute atomic E-state index is 12.3. The Hall–Kier alpha value is -1.50. The molecule has 28 heavy (non-hydrogen) atoms. The van der Waals surface area contributed by atoms with Crippen molar-refractivity contribution >= 4 is 12.0 Å². The molecule has 5 N–H and O–H groups in total. The van der Waals surface area contributed by atoms with Crippen molar-refractivity contribution in [2.45, 2.75) is 26.4 Å². The van der Waals surface area contributed by atoms with Crippen molar-refractivity contribution in [1.82, 2.24) is 10.4 Å². The molecule has 0 radical (unpaired) electrons. The number of nitrogens with one attached hydrogen (secondary N) is 1. The van der Waals surface area contributed by atoms with Crippen molar-refractivity contribution in [2.24, 2.45) is 11.5 Å². The highest BCUT2D eigenvalue weighted by Crippen LogP contribution is 2.06. The second kappa shape index (κ2) is 16.5. The van der Waals surface area contributed by atoms with Crippen LogP contribution in [0.4, 0.5) is 4.79 Å². The molecule has 0 fully saturated rings. The number of amides is 2. The van der Waals surface area contributed by atoms with Gasteiger partial charge in [-0.25, -0.2) is 4.79 Å². The Kier molecular flexibility index (Phi) is 15.6. The van der Waals surface area contributed by atoms with E-state index in [1.807, 2.05) is 0 Å². The highest BCUT2D eigenvalue weighted by atomic mass is 16.7. The monoisotopic (exact) mass is 408 g/mol. The quantitative estimate of drug-likeness (QED) is 0.221. The summed E-state index contributed by atoms with van der Waals surface area (Å²) in [7, 11) is 0. The van der Waals surface area contributed by atoms with Crippen LogP contribution < -0.4 is 16.9 Å². The molecule has 0 aromatic carbocycles. The first-order valence-electron chi connectivity index (χ1n) is 9.32. The molecule has 0 heterocycles. The van der Waals surface area contributed by atoms with Crippen LogP contribution in [0.15, 0.2) is 0 Å². The number of carbonyl (C=O) groups is 2. The van der Waals surface area contributed by atoms with Crippen LogP contribution in [0.3, 0.4) is 0 Å². The molecule has 0 saturated heterocycles. The van der Waals surface area contributed by atoms with Crippen LogP contribution in [0.25, 0.3) is 0 Å². The molecule has 0 aromatic rings. The summed E-state index contributed by atoms with van der Waals surface area (Å²) < 4.78 is 20.9. The summed E-state index contributed by atoms with van der Waals surface area (Å²) in [5, 5.41) is 0. The van der Waals surface area contributed by atoms with E-state index in [1.165, 1.54) is 0 Å². The smallest absolute Gasteiger partial charge is 0.431 e. The van der Waals surface area contributed by atoms with Crippen LogP contribution in [-0.2, 0) is 28.6 Å². The lowest BCUT2D eigenvalue weighted by Gasteiger charge is -2.22. The minimum Gasteiger partial charge on any atom is -0.442 e. The molecule has 0 aliphatic carbocycles. The van der Waals surface area contributed by atoms with Gasteiger partial charge in [-0.05, 0) is 20.8 Å². The number of hydrogen-bond acceptors (Lipinski definition) is 9. The third-order valence-corrected chi connectivity index (χ3v) is 3.00. The Bertz CT molecular complexity index is 407. The Labute approximate surface area is 166 Å². The number of hydrogen-bond donors (Lipinski definition) is 3. The number of hydroxylamine groups is 1. The molecule has 166 valence electrons. The molecule has 11 nitrogen and oxygen atoms in total. The minimum atomic E-state index is -0.690. The maximum Gasteiger partial charge on any atom is 0.431 e. The third kappa shape index (κ3) is 16.7. The fraction of sp³-hybridized carbons (Fsp3) is 0.882. The first kappa shape index (κ1) is 26.5. The molecule has 0 aromatic heterocycles. The Morgan fingerprint density at radius 3 is 1.93 bits per heavy atom. The standard InChI is InChI=1S/C17H36N4O7/c1-17(2,3)28-16(23)20-27-13-12-26-14-15(22)21(6-10-24-8-4-18)7-11-25-9-5-19/h4-14,18-19H2,1-3H3,(H,20,23). The van der Waals surface area contributed by atoms with Crippen molar-refractivity contribution in [2.75, 3.05) is 72.4 Å². The van der Waals surface area contributed by atoms with Gasteiger partial charge in [0.2, 0.25) is 5.91 Å². The van der Waals surface area contributed by atoms with E-state index < -0.39 is 11.7 Å². The van der Waals surface area contributed by atoms with Crippen LogP contribution in [0, 0.1) is 0 Å². The van der Waals surface area contributed by atoms with E-state index in [1.54, 1.807) is 25.7 Å². The molecule has 2 amide bonds. The fourth-order valence-corrected chi connectivity index (χ4v) is 1.84. The van der Waals surface area contributed by atoms with Gasteiger partial charge in [-0.2, -0.15) is 5.48 Å². The average Bonchev–Trinajstić information content (AvgIpc) is 2.61. The topological polar surface area (TPSA) is 148 Å². The van der Waals surface area contributed by atoms with E-state index in [0.29, 0.717) is 52.6 Å². The van der Waals surface area contributed by atoms with E-state index in [2.05, 4.69) is 5.48 Å². The molecular weight excluding hydrogens is 372 g/mol. The van der Waals surface area contributed by atoms with Crippen LogP contribution in [0.2, 0.25) is 0 Å². The maximum atomic E-state index is 12.3. The molecule has 0 atom stereocenters. The summed E-state index contributed by atoms with van der Waals surface area (Å²) in [6.45, 7) is 8.61. The Balaban J connectivity index is 4.01. The first-order valence-corrected chi connectivity index (χ1v) is 9.32. The van der Waals surface area contributed by atoms with Gasteiger partial charge < -0.3 is 35.3 Å². The van der Waals surface area contributed by atoms with Crippen LogP contribution >= 0.6 is 0 Å². The molecule has 0 spiro atoms. The lowest BCUT2D eigenvalue weighted by atomic mass is 10.2. The zero-order valence-corrected chi connectivity index (χ0v) is 17.2. The van der Waals surface area contributed by atoms with Crippen LogP contribution in [-0.4, -0.2) is 94.9 Å². The third-order valence-electron chi connectivity index (χ3n) is 3.00. The van der Waals surface area contributed by atoms with Crippen molar-refractivity contribution in [3.63, 3.8) is 0 Å². The second-order valence-electron chi connectivity index (χ2n) is 6.69. The summed E-state index contributed by atoms with van der Waals surface area (Å²) in [5.74, 6) is -0.201. The van der Waals surface area contributed by atoms with Gasteiger partial charge in [-0.15, -0.1) is 0 Å². The molecule has 11 heteroatoms. The lowest BCUT2D eigenvalue weighted by molar-refractivity contribution is -0.138. The fourth-order valence-electron chi connectivity index (χ4n) is 1.84. The number of carbonyl (C=O) groups excluding carboxylic acids is 2. The van der Waals surface area contributed by atoms with Crippen LogP contribution in [0.5, 0.6) is 0 Å². The summed E-state index contributed by atoms with van der Waals surface area (Å²) >= 11 is 0. The zero-order valence-electron chi connectivity index (χ0n) is 17.2. The van der Waals surface area contributed by atoms with E-state index in [-0.39, 0.29) is 25.7 Å². The predicted octanol–water partition coefficient (Wildman–Crippen LogP) is -0.761. The largest absolute Gasteiger partial charge is 0.442 e. The average molecular weight is 408 g/mol. The SMILES string of the molecule is CC(C)(C)OC(=O)NOCCOCC(=O)N(CCOCCN)CCOCCN. The van der Waals surface area contributed by atoms with Gasteiger partial charge in [0.25, 0.3) is 0 Å². The minimum absolute atomic E-state index is 0.0751. The van der Waals surface area contributed by atoms with Crippen molar-refractivity contribution in [1.29, 1.82) is 0 Å². The predicted molar refractivity (Wildman–Crippen MR) is 102 cm³/mol. The highest BCUT2D eigenvalue weighted by Gasteiger charge is 2.16. The normalized spacial score (nSPS) is 11.3. The highest BCUT2D eigenvalue weighted by molar-refractivity contribution is 5.77. The summed E-state index contributed by atoms with van der Waals surface area (Å²) in [4.78, 5) is 30.2. The van der Waals surface area contributed by atoms with Crippen molar-refractivity contribution < 1.29 is 33.4 Å². The van der Waals surface area contributed by atoms with Gasteiger partial charge in [-0.3, -0.25) is 9.63 Å². The van der Waals surface area contributed by atoms with E-state index in [4.69, 9.17) is 35.3 Å². The Morgan fingerprint density at radius 1 is 0.857 bits per heavy atom. The van der Waals surface area contributed by atoms with E-state index in [9.17, 15) is 9.59 Å². The molecule has 0 aliphatic rings. The van der Waals surface area contributed by atoms with Gasteiger partial charge >= 0.3 is 6.09 Å². The second-order valence-corrected chi connectivity index (χ2v) is 6.69. The summed E-state index contributed by atoms with van der Waals surface area (Å²) in [6.07, 6.45) is -0.690.